The van der Waals surface area contributed by atoms with Crippen molar-refractivity contribution in [2.75, 3.05) is 18.9 Å². The van der Waals surface area contributed by atoms with Gasteiger partial charge in [0.25, 0.3) is 5.91 Å². The molecule has 112 valence electrons. The van der Waals surface area contributed by atoms with Gasteiger partial charge < -0.3 is 20.1 Å². The average Bonchev–Trinajstić information content (AvgIpc) is 2.92. The summed E-state index contributed by atoms with van der Waals surface area (Å²) in [5.41, 5.74) is 5.42. The van der Waals surface area contributed by atoms with Gasteiger partial charge in [-0.3, -0.25) is 4.79 Å². The van der Waals surface area contributed by atoms with Crippen LogP contribution in [-0.2, 0) is 16.1 Å². The number of anilines is 1. The van der Waals surface area contributed by atoms with E-state index in [9.17, 15) is 14.4 Å². The zero-order valence-electron chi connectivity index (χ0n) is 11.1. The molecular formula is C11H13N5O5. The van der Waals surface area contributed by atoms with Crippen molar-refractivity contribution < 1.29 is 24.2 Å². The molecule has 21 heavy (non-hydrogen) atoms. The molecule has 2 heterocycles. The number of carbonyl (C=O) groups is 3. The minimum atomic E-state index is -1.10. The van der Waals surface area contributed by atoms with Crippen LogP contribution < -0.4 is 5.73 Å². The molecule has 10 heteroatoms. The molecule has 3 N–H and O–H groups in total. The second-order valence-corrected chi connectivity index (χ2v) is 3.98. The highest BCUT2D eigenvalue weighted by Gasteiger charge is 2.41. The third-order valence-corrected chi connectivity index (χ3v) is 2.70. The highest BCUT2D eigenvalue weighted by atomic mass is 16.6. The third-order valence-electron chi connectivity index (χ3n) is 2.70. The number of hydrogen-bond acceptors (Lipinski definition) is 7. The number of nitrogens with two attached hydrogens (primary N) is 1. The summed E-state index contributed by atoms with van der Waals surface area (Å²) in [4.78, 5) is 42.9. The number of amides is 4. The number of nitrogen functional groups attached to an aromatic ring is 1. The van der Waals surface area contributed by atoms with Gasteiger partial charge in [0, 0.05) is 6.54 Å². The number of carbonyl (C=O) groups excluding carboxylic acids is 3. The first-order chi connectivity index (χ1) is 10.0. The van der Waals surface area contributed by atoms with E-state index in [1.54, 1.807) is 6.92 Å². The maximum atomic E-state index is 12.1. The number of ether oxygens (including phenoxy) is 1. The van der Waals surface area contributed by atoms with Gasteiger partial charge in [0.15, 0.2) is 5.71 Å². The Balaban J connectivity index is 2.30. The van der Waals surface area contributed by atoms with E-state index in [0.29, 0.717) is 0 Å². The Bertz CT molecular complexity index is 635. The maximum absolute atomic E-state index is 12.1. The molecule has 0 spiro atoms. The summed E-state index contributed by atoms with van der Waals surface area (Å²) >= 11 is 0. The molecule has 10 nitrogen and oxygen atoms in total. The van der Waals surface area contributed by atoms with Crippen molar-refractivity contribution in [3.63, 3.8) is 0 Å². The van der Waals surface area contributed by atoms with Crippen LogP contribution in [0, 0.1) is 0 Å². The van der Waals surface area contributed by atoms with Gasteiger partial charge in [-0.1, -0.05) is 0 Å². The van der Waals surface area contributed by atoms with Crippen molar-refractivity contribution in [2.24, 2.45) is 4.99 Å². The Hall–Kier alpha value is -2.75. The van der Waals surface area contributed by atoms with E-state index < -0.39 is 18.0 Å². The summed E-state index contributed by atoms with van der Waals surface area (Å²) in [6.45, 7) is 1.56. The van der Waals surface area contributed by atoms with Gasteiger partial charge in [0.2, 0.25) is 0 Å². The average molecular weight is 295 g/mol. The minimum Gasteiger partial charge on any atom is -0.449 e. The van der Waals surface area contributed by atoms with Gasteiger partial charge in [-0.05, 0) is 6.92 Å². The fraction of sp³-hybridized carbons (Fsp3) is 0.364. The number of aromatic nitrogens is 2. The van der Waals surface area contributed by atoms with Crippen molar-refractivity contribution in [1.82, 2.24) is 14.5 Å². The molecule has 1 aliphatic rings. The lowest BCUT2D eigenvalue weighted by Crippen LogP contribution is -2.39. The van der Waals surface area contributed by atoms with E-state index in [0.717, 1.165) is 0 Å². The number of aliphatic hydroxyl groups is 1. The Morgan fingerprint density at radius 1 is 1.48 bits per heavy atom. The van der Waals surface area contributed by atoms with E-state index in [1.807, 2.05) is 0 Å². The lowest BCUT2D eigenvalue weighted by molar-refractivity contribution is -0.119. The smallest absolute Gasteiger partial charge is 0.425 e. The summed E-state index contributed by atoms with van der Waals surface area (Å²) in [7, 11) is 0. The van der Waals surface area contributed by atoms with Gasteiger partial charge >= 0.3 is 12.1 Å². The van der Waals surface area contributed by atoms with E-state index in [-0.39, 0.29) is 41.9 Å². The molecule has 1 aromatic heterocycles. The van der Waals surface area contributed by atoms with Crippen LogP contribution in [0.3, 0.4) is 0 Å². The maximum Gasteiger partial charge on any atom is 0.425 e. The normalized spacial score (nSPS) is 14.6. The molecule has 2 rings (SSSR count). The number of rotatable bonds is 4. The van der Waals surface area contributed by atoms with Crippen LogP contribution in [-0.4, -0.2) is 56.5 Å². The molecule has 0 bridgehead atoms. The van der Waals surface area contributed by atoms with Gasteiger partial charge in [-0.25, -0.2) is 14.6 Å². The molecule has 0 fully saturated rings. The number of hydrogen-bond donors (Lipinski definition) is 2. The predicted molar refractivity (Wildman–Crippen MR) is 69.5 cm³/mol. The van der Waals surface area contributed by atoms with Crippen LogP contribution in [0.15, 0.2) is 11.3 Å². The Kier molecular flexibility index (Phi) is 3.98. The fourth-order valence-corrected chi connectivity index (χ4v) is 1.75. The Labute approximate surface area is 118 Å². The van der Waals surface area contributed by atoms with Crippen molar-refractivity contribution in [3.8, 4) is 0 Å². The molecule has 0 saturated carbocycles. The largest absolute Gasteiger partial charge is 0.449 e. The van der Waals surface area contributed by atoms with Crippen LogP contribution >= 0.6 is 0 Å². The van der Waals surface area contributed by atoms with Gasteiger partial charge in [-0.2, -0.15) is 9.89 Å². The highest BCUT2D eigenvalue weighted by Crippen LogP contribution is 2.18. The molecule has 1 aromatic rings. The van der Waals surface area contributed by atoms with E-state index in [2.05, 4.69) is 14.7 Å². The first-order valence-electron chi connectivity index (χ1n) is 6.07. The lowest BCUT2D eigenvalue weighted by atomic mass is 10.2. The Morgan fingerprint density at radius 3 is 2.81 bits per heavy atom. The van der Waals surface area contributed by atoms with Crippen LogP contribution in [0.4, 0.5) is 15.4 Å². The number of aliphatic imine (C=N–C) groups is 1. The van der Waals surface area contributed by atoms with E-state index in [4.69, 9.17) is 10.8 Å². The molecule has 1 aliphatic heterocycles. The molecular weight excluding hydrogens is 282 g/mol. The number of nitrogens with zero attached hydrogens (tertiary/aromatic N) is 4. The molecule has 0 radical (unpaired) electrons. The highest BCUT2D eigenvalue weighted by molar-refractivity contribution is 6.54. The molecule has 4 amide bonds. The summed E-state index contributed by atoms with van der Waals surface area (Å²) < 4.78 is 6.00. The van der Waals surface area contributed by atoms with E-state index in [1.165, 1.54) is 10.9 Å². The number of aliphatic hydroxyl groups excluding tert-OH is 1. The van der Waals surface area contributed by atoms with Gasteiger partial charge in [0.05, 0.1) is 19.5 Å². The van der Waals surface area contributed by atoms with E-state index >= 15 is 0 Å². The number of imide groups is 3. The quantitative estimate of drug-likeness (QED) is 0.753. The van der Waals surface area contributed by atoms with Crippen LogP contribution in [0.1, 0.15) is 12.6 Å². The third kappa shape index (κ3) is 2.48. The van der Waals surface area contributed by atoms with Gasteiger partial charge in [-0.15, -0.1) is 0 Å². The molecule has 0 aliphatic carbocycles. The topological polar surface area (TPSA) is 140 Å². The molecule has 0 aromatic carbocycles. The SMILES string of the molecule is CCOC(=O)N1C(=O)N=C(c2ncn(CCO)c2N)C1=O. The molecule has 0 unspecified atom stereocenters. The Morgan fingerprint density at radius 2 is 2.19 bits per heavy atom. The van der Waals surface area contributed by atoms with Gasteiger partial charge in [0.1, 0.15) is 11.5 Å². The first kappa shape index (κ1) is 14.7. The second kappa shape index (κ2) is 5.71. The van der Waals surface area contributed by atoms with Crippen molar-refractivity contribution in [2.45, 2.75) is 13.5 Å². The molecule has 0 atom stereocenters. The summed E-state index contributed by atoms with van der Waals surface area (Å²) in [6, 6.07) is -1.05. The zero-order chi connectivity index (χ0) is 15.6. The summed E-state index contributed by atoms with van der Waals surface area (Å²) in [6.07, 6.45) is 0.202. The first-order valence-corrected chi connectivity index (χ1v) is 6.07. The minimum absolute atomic E-state index is 0.0124. The van der Waals surface area contributed by atoms with Crippen LogP contribution in [0.25, 0.3) is 0 Å². The zero-order valence-corrected chi connectivity index (χ0v) is 11.1. The lowest BCUT2D eigenvalue weighted by Gasteiger charge is -2.09. The van der Waals surface area contributed by atoms with Crippen molar-refractivity contribution >= 4 is 29.6 Å². The standard InChI is InChI=1S/C11H13N5O5/c1-2-21-11(20)16-9(18)7(14-10(16)19)6-8(12)15(3-4-17)5-13-6/h5,17H,2-4,12H2,1H3. The van der Waals surface area contributed by atoms with Crippen LogP contribution in [0.5, 0.6) is 0 Å². The van der Waals surface area contributed by atoms with Crippen LogP contribution in [0.2, 0.25) is 0 Å². The summed E-state index contributed by atoms with van der Waals surface area (Å²) in [5, 5.41) is 8.86. The molecule has 0 saturated heterocycles. The fourth-order valence-electron chi connectivity index (χ4n) is 1.75. The predicted octanol–water partition coefficient (Wildman–Crippen LogP) is -0.635. The number of imidazole rings is 1. The number of urea groups is 1. The van der Waals surface area contributed by atoms with Crippen molar-refractivity contribution in [1.29, 1.82) is 0 Å². The summed E-state index contributed by atoms with van der Waals surface area (Å²) in [5.74, 6) is -0.881. The van der Waals surface area contributed by atoms with Crippen molar-refractivity contribution in [3.05, 3.63) is 12.0 Å². The second-order valence-electron chi connectivity index (χ2n) is 3.98. The monoisotopic (exact) mass is 295 g/mol.